The van der Waals surface area contributed by atoms with Crippen LogP contribution in [0.4, 0.5) is 10.3 Å². The van der Waals surface area contributed by atoms with E-state index in [1.807, 2.05) is 12.1 Å². The highest BCUT2D eigenvalue weighted by molar-refractivity contribution is 7.09. The fraction of sp³-hybridized carbons (Fsp3) is 0. The molecule has 0 aliphatic rings. The molecule has 1 amide bonds. The number of nitrogens with zero attached hydrogens (tertiary/aromatic N) is 2. The van der Waals surface area contributed by atoms with Crippen LogP contribution in [-0.4, -0.2) is 15.3 Å². The third kappa shape index (κ3) is 3.13. The summed E-state index contributed by atoms with van der Waals surface area (Å²) in [7, 11) is 0. The van der Waals surface area contributed by atoms with E-state index in [-0.39, 0.29) is 11.5 Å². The number of amides is 1. The summed E-state index contributed by atoms with van der Waals surface area (Å²) in [5, 5.41) is 3.75. The van der Waals surface area contributed by atoms with Gasteiger partial charge in [-0.25, -0.2) is 4.39 Å². The molecule has 110 valence electrons. The van der Waals surface area contributed by atoms with Gasteiger partial charge in [0, 0.05) is 10.6 Å². The summed E-state index contributed by atoms with van der Waals surface area (Å²) < 4.78 is 17.6. The molecule has 0 radical (unpaired) electrons. The van der Waals surface area contributed by atoms with Crippen LogP contribution in [0.5, 0.6) is 0 Å². The zero-order valence-electron chi connectivity index (χ0n) is 11.1. The van der Waals surface area contributed by atoms with E-state index in [1.54, 1.807) is 18.2 Å². The molecule has 3 rings (SSSR count). The highest BCUT2D eigenvalue weighted by atomic mass is 35.5. The average molecular weight is 334 g/mol. The summed E-state index contributed by atoms with van der Waals surface area (Å²) >= 11 is 6.97. The van der Waals surface area contributed by atoms with Gasteiger partial charge >= 0.3 is 0 Å². The van der Waals surface area contributed by atoms with Crippen LogP contribution in [0.15, 0.2) is 48.5 Å². The first-order chi connectivity index (χ1) is 10.6. The standard InChI is InChI=1S/C15H9ClFN3OS/c16-10-7-5-9(6-8-10)14-19-15(20-22-14)18-13(21)11-3-1-2-4-12(11)17/h1-8H,(H,18,20,21). The van der Waals surface area contributed by atoms with Gasteiger partial charge in [-0.2, -0.15) is 9.36 Å². The Morgan fingerprint density at radius 2 is 1.86 bits per heavy atom. The summed E-state index contributed by atoms with van der Waals surface area (Å²) in [6.45, 7) is 0. The van der Waals surface area contributed by atoms with Crippen LogP contribution < -0.4 is 5.32 Å². The second kappa shape index (κ2) is 6.21. The van der Waals surface area contributed by atoms with Gasteiger partial charge in [-0.3, -0.25) is 10.1 Å². The van der Waals surface area contributed by atoms with Gasteiger partial charge in [-0.15, -0.1) is 0 Å². The Bertz CT molecular complexity index is 820. The number of carbonyl (C=O) groups excluding carboxylic acids is 1. The molecule has 0 unspecified atom stereocenters. The lowest BCUT2D eigenvalue weighted by Gasteiger charge is -2.01. The number of hydrogen-bond donors (Lipinski definition) is 1. The highest BCUT2D eigenvalue weighted by Gasteiger charge is 2.14. The summed E-state index contributed by atoms with van der Waals surface area (Å²) in [4.78, 5) is 16.2. The van der Waals surface area contributed by atoms with Crippen molar-refractivity contribution >= 4 is 35.0 Å². The molecule has 0 saturated carbocycles. The monoisotopic (exact) mass is 333 g/mol. The normalized spacial score (nSPS) is 10.5. The SMILES string of the molecule is O=C(Nc1nsc(-c2ccc(Cl)cc2)n1)c1ccccc1F. The number of aromatic nitrogens is 2. The van der Waals surface area contributed by atoms with Gasteiger partial charge in [-0.05, 0) is 35.8 Å². The van der Waals surface area contributed by atoms with E-state index in [2.05, 4.69) is 14.7 Å². The smallest absolute Gasteiger partial charge is 0.261 e. The van der Waals surface area contributed by atoms with E-state index in [0.717, 1.165) is 17.1 Å². The van der Waals surface area contributed by atoms with Gasteiger partial charge in [0.05, 0.1) is 5.56 Å². The predicted octanol–water partition coefficient (Wildman–Crippen LogP) is 4.25. The topological polar surface area (TPSA) is 54.9 Å². The van der Waals surface area contributed by atoms with Crippen molar-refractivity contribution in [2.24, 2.45) is 0 Å². The third-order valence-corrected chi connectivity index (χ3v) is 3.88. The number of anilines is 1. The second-order valence-electron chi connectivity index (χ2n) is 4.36. The molecule has 1 N–H and O–H groups in total. The summed E-state index contributed by atoms with van der Waals surface area (Å²) in [6.07, 6.45) is 0. The maximum atomic E-state index is 13.5. The maximum absolute atomic E-state index is 13.5. The van der Waals surface area contributed by atoms with Crippen molar-refractivity contribution in [3.8, 4) is 10.6 Å². The van der Waals surface area contributed by atoms with Crippen LogP contribution in [0.3, 0.4) is 0 Å². The Hall–Kier alpha value is -2.31. The number of carbonyl (C=O) groups is 1. The molecule has 0 saturated heterocycles. The van der Waals surface area contributed by atoms with Crippen molar-refractivity contribution in [2.45, 2.75) is 0 Å². The van der Waals surface area contributed by atoms with Crippen LogP contribution in [0.1, 0.15) is 10.4 Å². The molecule has 7 heteroatoms. The minimum Gasteiger partial charge on any atom is -0.290 e. The molecule has 2 aromatic carbocycles. The molecule has 0 fully saturated rings. The largest absolute Gasteiger partial charge is 0.290 e. The Morgan fingerprint density at radius 1 is 1.14 bits per heavy atom. The molecule has 0 aliphatic carbocycles. The Labute approximate surface area is 134 Å². The van der Waals surface area contributed by atoms with Crippen LogP contribution in [0.2, 0.25) is 5.02 Å². The number of hydrogen-bond acceptors (Lipinski definition) is 4. The van der Waals surface area contributed by atoms with Gasteiger partial charge < -0.3 is 0 Å². The van der Waals surface area contributed by atoms with Crippen molar-refractivity contribution in [3.63, 3.8) is 0 Å². The minimum absolute atomic E-state index is 0.0506. The average Bonchev–Trinajstić information content (AvgIpc) is 2.97. The van der Waals surface area contributed by atoms with Crippen molar-refractivity contribution in [1.82, 2.24) is 9.36 Å². The lowest BCUT2D eigenvalue weighted by molar-refractivity contribution is 0.102. The molecule has 0 atom stereocenters. The van der Waals surface area contributed by atoms with Gasteiger partial charge in [0.25, 0.3) is 5.91 Å². The van der Waals surface area contributed by atoms with Gasteiger partial charge in [0.1, 0.15) is 10.8 Å². The van der Waals surface area contributed by atoms with Gasteiger partial charge in [0.15, 0.2) is 0 Å². The predicted molar refractivity (Wildman–Crippen MR) is 84.7 cm³/mol. The van der Waals surface area contributed by atoms with Crippen molar-refractivity contribution < 1.29 is 9.18 Å². The molecule has 0 spiro atoms. The summed E-state index contributed by atoms with van der Waals surface area (Å²) in [5.41, 5.74) is 0.790. The van der Waals surface area contributed by atoms with Crippen molar-refractivity contribution in [2.75, 3.05) is 5.32 Å². The fourth-order valence-corrected chi connectivity index (χ4v) is 2.55. The van der Waals surface area contributed by atoms with E-state index < -0.39 is 11.7 Å². The zero-order chi connectivity index (χ0) is 15.5. The molecule has 0 bridgehead atoms. The summed E-state index contributed by atoms with van der Waals surface area (Å²) in [6, 6.07) is 12.8. The fourth-order valence-electron chi connectivity index (χ4n) is 1.80. The third-order valence-electron chi connectivity index (χ3n) is 2.86. The van der Waals surface area contributed by atoms with Crippen LogP contribution in [0, 0.1) is 5.82 Å². The number of nitrogens with one attached hydrogen (secondary N) is 1. The number of halogens is 2. The van der Waals surface area contributed by atoms with E-state index in [1.165, 1.54) is 18.2 Å². The molecule has 22 heavy (non-hydrogen) atoms. The molecule has 4 nitrogen and oxygen atoms in total. The van der Waals surface area contributed by atoms with E-state index in [4.69, 9.17) is 11.6 Å². The number of rotatable bonds is 3. The molecule has 1 heterocycles. The van der Waals surface area contributed by atoms with Gasteiger partial charge in [0.2, 0.25) is 5.95 Å². The van der Waals surface area contributed by atoms with E-state index >= 15 is 0 Å². The lowest BCUT2D eigenvalue weighted by atomic mass is 10.2. The molecule has 3 aromatic rings. The lowest BCUT2D eigenvalue weighted by Crippen LogP contribution is -2.14. The first-order valence-electron chi connectivity index (χ1n) is 6.29. The quantitative estimate of drug-likeness (QED) is 0.779. The number of benzene rings is 2. The molecule has 1 aromatic heterocycles. The van der Waals surface area contributed by atoms with Gasteiger partial charge in [-0.1, -0.05) is 35.9 Å². The Morgan fingerprint density at radius 3 is 2.59 bits per heavy atom. The van der Waals surface area contributed by atoms with Crippen LogP contribution >= 0.6 is 23.1 Å². The van der Waals surface area contributed by atoms with Crippen molar-refractivity contribution in [3.05, 3.63) is 64.9 Å². The van der Waals surface area contributed by atoms with Crippen molar-refractivity contribution in [1.29, 1.82) is 0 Å². The van der Waals surface area contributed by atoms with E-state index in [9.17, 15) is 9.18 Å². The molecular formula is C15H9ClFN3OS. The Balaban J connectivity index is 1.78. The minimum atomic E-state index is -0.590. The summed E-state index contributed by atoms with van der Waals surface area (Å²) in [5.74, 6) is -1.03. The zero-order valence-corrected chi connectivity index (χ0v) is 12.7. The second-order valence-corrected chi connectivity index (χ2v) is 5.55. The van der Waals surface area contributed by atoms with E-state index in [0.29, 0.717) is 10.0 Å². The highest BCUT2D eigenvalue weighted by Crippen LogP contribution is 2.24. The van der Waals surface area contributed by atoms with Crippen LogP contribution in [0.25, 0.3) is 10.6 Å². The van der Waals surface area contributed by atoms with Crippen LogP contribution in [-0.2, 0) is 0 Å². The Kier molecular flexibility index (Phi) is 4.13. The first-order valence-corrected chi connectivity index (χ1v) is 7.44. The maximum Gasteiger partial charge on any atom is 0.261 e. The first kappa shape index (κ1) is 14.6. The molecule has 0 aliphatic heterocycles. The molecular weight excluding hydrogens is 325 g/mol.